The van der Waals surface area contributed by atoms with E-state index in [0.29, 0.717) is 37.4 Å². The molecule has 0 radical (unpaired) electrons. The average Bonchev–Trinajstić information content (AvgIpc) is 3.39. The fourth-order valence-electron chi connectivity index (χ4n) is 4.48. The summed E-state index contributed by atoms with van der Waals surface area (Å²) in [7, 11) is 1.67. The lowest BCUT2D eigenvalue weighted by atomic mass is 10.0. The molecule has 0 fully saturated rings. The van der Waals surface area contributed by atoms with Gasteiger partial charge < -0.3 is 20.1 Å². The molecule has 0 saturated heterocycles. The Bertz CT molecular complexity index is 1250. The standard InChI is InChI=1S/C22H19F3N4O3/c1-29(19-5-2-11-6-12(3-4-13(11)19)32-22(23,24)25)21(30)17-7-14-15-9-31-10-16(15)20(26)28-18(14)8-27-17/h3-4,6-8,19H,2,5,9-10H2,1H3,(H2,26,28)/t19-/m1/s1. The maximum Gasteiger partial charge on any atom is 0.573 e. The number of pyridine rings is 2. The fourth-order valence-corrected chi connectivity index (χ4v) is 4.48. The summed E-state index contributed by atoms with van der Waals surface area (Å²) in [5.74, 6) is -0.144. The van der Waals surface area contributed by atoms with Gasteiger partial charge in [0.1, 0.15) is 17.3 Å². The van der Waals surface area contributed by atoms with Gasteiger partial charge in [-0.25, -0.2) is 9.97 Å². The first-order chi connectivity index (χ1) is 15.2. The van der Waals surface area contributed by atoms with E-state index < -0.39 is 6.36 Å². The second kappa shape index (κ2) is 7.33. The van der Waals surface area contributed by atoms with E-state index in [4.69, 9.17) is 10.5 Å². The number of rotatable bonds is 3. The van der Waals surface area contributed by atoms with Crippen LogP contribution in [0.25, 0.3) is 10.9 Å². The molecule has 5 rings (SSSR count). The number of aromatic nitrogens is 2. The Balaban J connectivity index is 1.43. The van der Waals surface area contributed by atoms with Gasteiger partial charge in [-0.1, -0.05) is 6.07 Å². The highest BCUT2D eigenvalue weighted by molar-refractivity contribution is 5.97. The molecule has 7 nitrogen and oxygen atoms in total. The molecular formula is C22H19F3N4O3. The van der Waals surface area contributed by atoms with Crippen LogP contribution < -0.4 is 10.5 Å². The van der Waals surface area contributed by atoms with Gasteiger partial charge in [0.25, 0.3) is 5.91 Å². The largest absolute Gasteiger partial charge is 0.573 e. The van der Waals surface area contributed by atoms with Crippen molar-refractivity contribution in [3.05, 3.63) is 58.4 Å². The number of aryl methyl sites for hydroxylation is 1. The third-order valence-electron chi connectivity index (χ3n) is 6.02. The number of nitrogens with two attached hydrogens (primary N) is 1. The van der Waals surface area contributed by atoms with Crippen LogP contribution in [0.1, 0.15) is 45.2 Å². The molecule has 1 atom stereocenters. The van der Waals surface area contributed by atoms with Crippen molar-refractivity contribution in [1.29, 1.82) is 0 Å². The van der Waals surface area contributed by atoms with E-state index in [1.54, 1.807) is 24.1 Å². The topological polar surface area (TPSA) is 90.6 Å². The van der Waals surface area contributed by atoms with Crippen LogP contribution in [0.2, 0.25) is 0 Å². The first kappa shape index (κ1) is 20.5. The number of hydrogen-bond acceptors (Lipinski definition) is 6. The first-order valence-electron chi connectivity index (χ1n) is 10.0. The summed E-state index contributed by atoms with van der Waals surface area (Å²) in [6.07, 6.45) is -2.08. The Kier molecular flexibility index (Phi) is 4.70. The molecular weight excluding hydrogens is 425 g/mol. The predicted octanol–water partition coefficient (Wildman–Crippen LogP) is 3.90. The van der Waals surface area contributed by atoms with Crippen molar-refractivity contribution < 1.29 is 27.4 Å². The fraction of sp³-hybridized carbons (Fsp3) is 0.318. The molecule has 1 amide bonds. The summed E-state index contributed by atoms with van der Waals surface area (Å²) in [5, 5.41) is 0.777. The van der Waals surface area contributed by atoms with Crippen LogP contribution in [0, 0.1) is 0 Å². The van der Waals surface area contributed by atoms with Crippen LogP contribution in [-0.4, -0.2) is 34.2 Å². The molecule has 1 aliphatic heterocycles. The molecule has 1 aliphatic carbocycles. The van der Waals surface area contributed by atoms with Crippen molar-refractivity contribution in [1.82, 2.24) is 14.9 Å². The molecule has 3 aromatic rings. The Morgan fingerprint density at radius 2 is 2.03 bits per heavy atom. The van der Waals surface area contributed by atoms with Gasteiger partial charge in [0.2, 0.25) is 0 Å². The number of anilines is 1. The van der Waals surface area contributed by atoms with Crippen molar-refractivity contribution in [2.75, 3.05) is 12.8 Å². The number of ether oxygens (including phenoxy) is 2. The van der Waals surface area contributed by atoms with Crippen LogP contribution in [0.15, 0.2) is 30.5 Å². The number of nitrogen functional groups attached to an aromatic ring is 1. The molecule has 2 N–H and O–H groups in total. The molecule has 166 valence electrons. The van der Waals surface area contributed by atoms with Crippen molar-refractivity contribution in [2.45, 2.75) is 38.5 Å². The second-order valence-corrected chi connectivity index (χ2v) is 7.91. The van der Waals surface area contributed by atoms with Gasteiger partial charge in [0.05, 0.1) is 31.0 Å². The van der Waals surface area contributed by atoms with Crippen LogP contribution in [0.5, 0.6) is 5.75 Å². The lowest BCUT2D eigenvalue weighted by Crippen LogP contribution is -2.30. The van der Waals surface area contributed by atoms with Gasteiger partial charge in [-0.05, 0) is 47.7 Å². The number of fused-ring (bicyclic) bond motifs is 4. The molecule has 2 aromatic heterocycles. The summed E-state index contributed by atoms with van der Waals surface area (Å²) in [4.78, 5) is 23.4. The number of nitrogens with zero attached hydrogens (tertiary/aromatic N) is 3. The average molecular weight is 444 g/mol. The van der Waals surface area contributed by atoms with E-state index in [2.05, 4.69) is 14.7 Å². The molecule has 1 aromatic carbocycles. The highest BCUT2D eigenvalue weighted by Crippen LogP contribution is 2.38. The lowest BCUT2D eigenvalue weighted by molar-refractivity contribution is -0.274. The quantitative estimate of drug-likeness (QED) is 0.659. The van der Waals surface area contributed by atoms with Gasteiger partial charge in [0.15, 0.2) is 0 Å². The number of alkyl halides is 3. The Hall–Kier alpha value is -3.40. The number of benzene rings is 1. The zero-order chi connectivity index (χ0) is 22.6. The van der Waals surface area contributed by atoms with Crippen molar-refractivity contribution in [2.24, 2.45) is 0 Å². The molecule has 32 heavy (non-hydrogen) atoms. The highest BCUT2D eigenvalue weighted by Gasteiger charge is 2.34. The van der Waals surface area contributed by atoms with E-state index in [-0.39, 0.29) is 23.4 Å². The summed E-state index contributed by atoms with van der Waals surface area (Å²) in [5.41, 5.74) is 10.1. The molecule has 0 unspecified atom stereocenters. The minimum Gasteiger partial charge on any atom is -0.406 e. The maximum atomic E-state index is 13.2. The Labute approximate surface area is 181 Å². The minimum absolute atomic E-state index is 0.256. The molecule has 3 heterocycles. The van der Waals surface area contributed by atoms with Crippen LogP contribution in [0.3, 0.4) is 0 Å². The minimum atomic E-state index is -4.74. The smallest absolute Gasteiger partial charge is 0.406 e. The first-order valence-corrected chi connectivity index (χ1v) is 10.0. The third-order valence-corrected chi connectivity index (χ3v) is 6.02. The summed E-state index contributed by atoms with van der Waals surface area (Å²) < 4.78 is 47.0. The normalized spacial score (nSPS) is 17.3. The SMILES string of the molecule is CN(C(=O)c1cc2c3c(c(N)nc2cn1)COC3)[C@@H]1CCc2cc(OC(F)(F)F)ccc21. The van der Waals surface area contributed by atoms with Crippen LogP contribution in [0.4, 0.5) is 19.0 Å². The van der Waals surface area contributed by atoms with E-state index in [0.717, 1.165) is 27.6 Å². The highest BCUT2D eigenvalue weighted by atomic mass is 19.4. The zero-order valence-electron chi connectivity index (χ0n) is 17.1. The van der Waals surface area contributed by atoms with Crippen molar-refractivity contribution in [3.63, 3.8) is 0 Å². The lowest BCUT2D eigenvalue weighted by Gasteiger charge is -2.25. The van der Waals surface area contributed by atoms with E-state index in [9.17, 15) is 18.0 Å². The maximum absolute atomic E-state index is 13.2. The number of halogens is 3. The molecule has 2 aliphatic rings. The van der Waals surface area contributed by atoms with Crippen LogP contribution in [-0.2, 0) is 24.4 Å². The Morgan fingerprint density at radius 1 is 1.25 bits per heavy atom. The zero-order valence-corrected chi connectivity index (χ0v) is 17.1. The van der Waals surface area contributed by atoms with Gasteiger partial charge in [0, 0.05) is 18.0 Å². The summed E-state index contributed by atoms with van der Waals surface area (Å²) >= 11 is 0. The second-order valence-electron chi connectivity index (χ2n) is 7.91. The van der Waals surface area contributed by atoms with E-state index in [1.165, 1.54) is 18.3 Å². The molecule has 0 spiro atoms. The predicted molar refractivity (Wildman–Crippen MR) is 109 cm³/mol. The number of carbonyl (C=O) groups is 1. The monoisotopic (exact) mass is 444 g/mol. The molecule has 10 heteroatoms. The van der Waals surface area contributed by atoms with E-state index in [1.807, 2.05) is 0 Å². The van der Waals surface area contributed by atoms with Gasteiger partial charge in [-0.3, -0.25) is 4.79 Å². The third kappa shape index (κ3) is 3.50. The summed E-state index contributed by atoms with van der Waals surface area (Å²) in [6, 6.07) is 5.67. The number of hydrogen-bond donors (Lipinski definition) is 1. The molecule has 0 bridgehead atoms. The number of amides is 1. The van der Waals surface area contributed by atoms with Crippen molar-refractivity contribution >= 4 is 22.6 Å². The Morgan fingerprint density at radius 3 is 2.81 bits per heavy atom. The van der Waals surface area contributed by atoms with Gasteiger partial charge >= 0.3 is 6.36 Å². The molecule has 0 saturated carbocycles. The summed E-state index contributed by atoms with van der Waals surface area (Å²) in [6.45, 7) is 0.777. The van der Waals surface area contributed by atoms with E-state index >= 15 is 0 Å². The van der Waals surface area contributed by atoms with Crippen molar-refractivity contribution in [3.8, 4) is 5.75 Å². The van der Waals surface area contributed by atoms with Gasteiger partial charge in [-0.2, -0.15) is 0 Å². The van der Waals surface area contributed by atoms with Crippen LogP contribution >= 0.6 is 0 Å². The number of carbonyl (C=O) groups excluding carboxylic acids is 1. The van der Waals surface area contributed by atoms with Gasteiger partial charge in [-0.15, -0.1) is 13.2 Å².